The fourth-order valence-electron chi connectivity index (χ4n) is 3.56. The average Bonchev–Trinajstić information content (AvgIpc) is 3.34. The van der Waals surface area contributed by atoms with Crippen LogP contribution in [0.3, 0.4) is 0 Å². The summed E-state index contributed by atoms with van der Waals surface area (Å²) in [6.07, 6.45) is 7.35. The maximum Gasteiger partial charge on any atom is 0.227 e. The van der Waals surface area contributed by atoms with E-state index in [2.05, 4.69) is 24.9 Å². The van der Waals surface area contributed by atoms with Crippen LogP contribution in [0.4, 0.5) is 11.8 Å². The zero-order valence-corrected chi connectivity index (χ0v) is 14.2. The van der Waals surface area contributed by atoms with Gasteiger partial charge in [-0.2, -0.15) is 9.97 Å². The minimum absolute atomic E-state index is 0.293. The molecule has 2 saturated heterocycles. The van der Waals surface area contributed by atoms with Gasteiger partial charge in [-0.15, -0.1) is 0 Å². The van der Waals surface area contributed by atoms with Gasteiger partial charge in [-0.1, -0.05) is 12.1 Å². The lowest BCUT2D eigenvalue weighted by molar-refractivity contribution is 0.367. The molecule has 0 spiro atoms. The summed E-state index contributed by atoms with van der Waals surface area (Å²) in [4.78, 5) is 18.4. The van der Waals surface area contributed by atoms with Crippen LogP contribution in [-0.4, -0.2) is 46.3 Å². The molecule has 2 aliphatic heterocycles. The highest BCUT2D eigenvalue weighted by Crippen LogP contribution is 2.28. The van der Waals surface area contributed by atoms with Crippen molar-refractivity contribution in [3.63, 3.8) is 0 Å². The molecule has 4 rings (SSSR count). The molecule has 0 amide bonds. The molecule has 2 aliphatic rings. The van der Waals surface area contributed by atoms with Gasteiger partial charge in [-0.05, 0) is 31.7 Å². The van der Waals surface area contributed by atoms with Crippen molar-refractivity contribution in [2.45, 2.75) is 44.9 Å². The fraction of sp³-hybridized carbons (Fsp3) is 0.647. The molecule has 7 nitrogen and oxygen atoms in total. The van der Waals surface area contributed by atoms with E-state index in [1.165, 1.54) is 12.8 Å². The third kappa shape index (κ3) is 3.07. The number of aryl methyl sites for hydroxylation is 1. The van der Waals surface area contributed by atoms with E-state index < -0.39 is 0 Å². The van der Waals surface area contributed by atoms with E-state index in [0.29, 0.717) is 5.92 Å². The van der Waals surface area contributed by atoms with Crippen LogP contribution in [0.2, 0.25) is 0 Å². The molecule has 0 unspecified atom stereocenters. The maximum absolute atomic E-state index is 5.28. The van der Waals surface area contributed by atoms with Crippen molar-refractivity contribution in [2.24, 2.45) is 0 Å². The smallest absolute Gasteiger partial charge is 0.227 e. The van der Waals surface area contributed by atoms with Gasteiger partial charge in [0.1, 0.15) is 5.82 Å². The zero-order chi connectivity index (χ0) is 16.4. The Morgan fingerprint density at radius 2 is 1.96 bits per heavy atom. The Kier molecular flexibility index (Phi) is 4.32. The van der Waals surface area contributed by atoms with E-state index in [0.717, 1.165) is 68.9 Å². The molecule has 24 heavy (non-hydrogen) atoms. The number of anilines is 2. The lowest BCUT2D eigenvalue weighted by atomic mass is 9.98. The van der Waals surface area contributed by atoms with Gasteiger partial charge in [-0.25, -0.2) is 4.98 Å². The Balaban J connectivity index is 1.50. The molecule has 128 valence electrons. The molecule has 0 N–H and O–H groups in total. The molecule has 0 radical (unpaired) electrons. The number of nitrogens with zero attached hydrogens (tertiary/aromatic N) is 6. The molecule has 0 aromatic carbocycles. The van der Waals surface area contributed by atoms with Gasteiger partial charge in [-0.3, -0.25) is 0 Å². The molecule has 2 aromatic heterocycles. The number of aromatic nitrogens is 4. The Hall–Kier alpha value is -2.18. The van der Waals surface area contributed by atoms with Crippen LogP contribution in [0.1, 0.15) is 50.2 Å². The van der Waals surface area contributed by atoms with Crippen LogP contribution < -0.4 is 9.80 Å². The van der Waals surface area contributed by atoms with Crippen molar-refractivity contribution in [1.29, 1.82) is 0 Å². The first-order chi connectivity index (χ1) is 11.8. The third-order valence-electron chi connectivity index (χ3n) is 4.91. The lowest BCUT2D eigenvalue weighted by Gasteiger charge is -2.31. The normalized spacial score (nSPS) is 21.5. The second-order valence-corrected chi connectivity index (χ2v) is 6.59. The maximum atomic E-state index is 5.28. The second kappa shape index (κ2) is 6.75. The quantitative estimate of drug-likeness (QED) is 0.853. The standard InChI is InChI=1S/C17H24N6O/c1-2-15-20-16(21-24-15)13-6-5-11-23(12-13)17-18-8-7-14(19-17)22-9-3-4-10-22/h7-8,13H,2-6,9-12H2,1H3/t13-/m1/s1. The summed E-state index contributed by atoms with van der Waals surface area (Å²) in [7, 11) is 0. The first kappa shape index (κ1) is 15.4. The summed E-state index contributed by atoms with van der Waals surface area (Å²) in [6.45, 7) is 6.07. The summed E-state index contributed by atoms with van der Waals surface area (Å²) in [5, 5.41) is 4.16. The van der Waals surface area contributed by atoms with Gasteiger partial charge < -0.3 is 14.3 Å². The van der Waals surface area contributed by atoms with E-state index in [1.807, 2.05) is 19.2 Å². The zero-order valence-electron chi connectivity index (χ0n) is 14.2. The molecule has 0 aliphatic carbocycles. The van der Waals surface area contributed by atoms with Gasteiger partial charge in [0.25, 0.3) is 0 Å². The molecule has 2 fully saturated rings. The predicted molar refractivity (Wildman–Crippen MR) is 91.3 cm³/mol. The highest BCUT2D eigenvalue weighted by Gasteiger charge is 2.27. The molecule has 2 aromatic rings. The minimum Gasteiger partial charge on any atom is -0.356 e. The van der Waals surface area contributed by atoms with Crippen LogP contribution in [0.25, 0.3) is 0 Å². The molecular weight excluding hydrogens is 304 g/mol. The topological polar surface area (TPSA) is 71.2 Å². The highest BCUT2D eigenvalue weighted by molar-refractivity contribution is 5.44. The number of piperidine rings is 1. The predicted octanol–water partition coefficient (Wildman–Crippen LogP) is 2.41. The highest BCUT2D eigenvalue weighted by atomic mass is 16.5. The van der Waals surface area contributed by atoms with Crippen molar-refractivity contribution in [3.05, 3.63) is 24.0 Å². The lowest BCUT2D eigenvalue weighted by Crippen LogP contribution is -2.36. The van der Waals surface area contributed by atoms with Gasteiger partial charge in [0.05, 0.1) is 0 Å². The van der Waals surface area contributed by atoms with Crippen molar-refractivity contribution >= 4 is 11.8 Å². The van der Waals surface area contributed by atoms with E-state index in [1.54, 1.807) is 0 Å². The van der Waals surface area contributed by atoms with Crippen molar-refractivity contribution in [3.8, 4) is 0 Å². The average molecular weight is 328 g/mol. The molecule has 1 atom stereocenters. The first-order valence-electron chi connectivity index (χ1n) is 8.99. The Morgan fingerprint density at radius 3 is 2.75 bits per heavy atom. The van der Waals surface area contributed by atoms with Gasteiger partial charge in [0, 0.05) is 44.7 Å². The Labute approximate surface area is 142 Å². The number of hydrogen-bond acceptors (Lipinski definition) is 7. The molecular formula is C17H24N6O. The summed E-state index contributed by atoms with van der Waals surface area (Å²) < 4.78 is 5.28. The van der Waals surface area contributed by atoms with Crippen molar-refractivity contribution in [1.82, 2.24) is 20.1 Å². The molecule has 0 bridgehead atoms. The van der Waals surface area contributed by atoms with E-state index >= 15 is 0 Å². The third-order valence-corrected chi connectivity index (χ3v) is 4.91. The SMILES string of the molecule is CCc1nc([C@@H]2CCCN(c3nccc(N4CCCC4)n3)C2)no1. The van der Waals surface area contributed by atoms with Crippen LogP contribution >= 0.6 is 0 Å². The Morgan fingerprint density at radius 1 is 1.12 bits per heavy atom. The van der Waals surface area contributed by atoms with Gasteiger partial charge >= 0.3 is 0 Å². The van der Waals surface area contributed by atoms with E-state index in [-0.39, 0.29) is 0 Å². The van der Waals surface area contributed by atoms with E-state index in [9.17, 15) is 0 Å². The summed E-state index contributed by atoms with van der Waals surface area (Å²) in [6, 6.07) is 2.02. The summed E-state index contributed by atoms with van der Waals surface area (Å²) >= 11 is 0. The van der Waals surface area contributed by atoms with Gasteiger partial charge in [0.2, 0.25) is 11.8 Å². The summed E-state index contributed by atoms with van der Waals surface area (Å²) in [5.41, 5.74) is 0. The fourth-order valence-corrected chi connectivity index (χ4v) is 3.56. The Bertz CT molecular complexity index is 681. The van der Waals surface area contributed by atoms with Crippen LogP contribution in [0.15, 0.2) is 16.8 Å². The van der Waals surface area contributed by atoms with Crippen molar-refractivity contribution < 1.29 is 4.52 Å². The molecule has 4 heterocycles. The van der Waals surface area contributed by atoms with E-state index in [4.69, 9.17) is 9.51 Å². The van der Waals surface area contributed by atoms with Crippen LogP contribution in [0.5, 0.6) is 0 Å². The minimum atomic E-state index is 0.293. The van der Waals surface area contributed by atoms with Crippen molar-refractivity contribution in [2.75, 3.05) is 36.0 Å². The second-order valence-electron chi connectivity index (χ2n) is 6.59. The first-order valence-corrected chi connectivity index (χ1v) is 8.99. The van der Waals surface area contributed by atoms with Crippen LogP contribution in [-0.2, 0) is 6.42 Å². The number of rotatable bonds is 4. The van der Waals surface area contributed by atoms with Crippen LogP contribution in [0, 0.1) is 0 Å². The molecule has 7 heteroatoms. The largest absolute Gasteiger partial charge is 0.356 e. The summed E-state index contributed by atoms with van der Waals surface area (Å²) in [5.74, 6) is 3.71. The monoisotopic (exact) mass is 328 g/mol. The number of hydrogen-bond donors (Lipinski definition) is 0. The molecule has 0 saturated carbocycles. The van der Waals surface area contributed by atoms with Gasteiger partial charge in [0.15, 0.2) is 5.82 Å².